The minimum atomic E-state index is -0.718. The van der Waals surface area contributed by atoms with Gasteiger partial charge >= 0.3 is 5.97 Å². The molecule has 2 aliphatic rings. The third kappa shape index (κ3) is 3.31. The quantitative estimate of drug-likeness (QED) is 0.922. The van der Waals surface area contributed by atoms with Crippen molar-refractivity contribution in [1.29, 1.82) is 0 Å². The molecule has 3 atom stereocenters. The van der Waals surface area contributed by atoms with Crippen LogP contribution in [0.1, 0.15) is 48.0 Å². The van der Waals surface area contributed by atoms with Crippen molar-refractivity contribution in [1.82, 2.24) is 9.80 Å². The third-order valence-electron chi connectivity index (χ3n) is 5.45. The standard InChI is InChI=1S/C19H26N2O3/c1-20(2)18(22)15-8-5-6-13(10-15)12-21-16-9-4-3-7-14(16)11-17(21)19(23)24/h5-6,8,10,14,16-17H,3-4,7,9,11-12H2,1-2H3,(H,23,24)/t14-,16-,17-/m0/s1. The van der Waals surface area contributed by atoms with Crippen molar-refractivity contribution in [2.75, 3.05) is 14.1 Å². The Balaban J connectivity index is 1.81. The van der Waals surface area contributed by atoms with Crippen molar-refractivity contribution in [3.63, 3.8) is 0 Å². The summed E-state index contributed by atoms with van der Waals surface area (Å²) in [5.74, 6) is -0.236. The lowest BCUT2D eigenvalue weighted by Gasteiger charge is -2.33. The maximum Gasteiger partial charge on any atom is 0.320 e. The summed E-state index contributed by atoms with van der Waals surface area (Å²) in [5, 5.41) is 9.62. The molecule has 2 fully saturated rings. The zero-order valence-corrected chi connectivity index (χ0v) is 14.4. The molecular formula is C19H26N2O3. The molecule has 0 radical (unpaired) electrons. The highest BCUT2D eigenvalue weighted by Crippen LogP contribution is 2.40. The molecule has 1 aromatic carbocycles. The van der Waals surface area contributed by atoms with E-state index in [9.17, 15) is 14.7 Å². The van der Waals surface area contributed by atoms with E-state index in [1.165, 1.54) is 12.8 Å². The van der Waals surface area contributed by atoms with Gasteiger partial charge in [0.1, 0.15) is 6.04 Å². The Hall–Kier alpha value is -1.88. The van der Waals surface area contributed by atoms with Gasteiger partial charge in [-0.25, -0.2) is 0 Å². The summed E-state index contributed by atoms with van der Waals surface area (Å²) in [6.45, 7) is 0.604. The molecule has 24 heavy (non-hydrogen) atoms. The number of nitrogens with zero attached hydrogens (tertiary/aromatic N) is 2. The van der Waals surface area contributed by atoms with Crippen molar-refractivity contribution in [2.24, 2.45) is 5.92 Å². The zero-order valence-electron chi connectivity index (χ0n) is 14.4. The smallest absolute Gasteiger partial charge is 0.320 e. The van der Waals surface area contributed by atoms with Crippen LogP contribution in [0.5, 0.6) is 0 Å². The molecule has 5 nitrogen and oxygen atoms in total. The van der Waals surface area contributed by atoms with Crippen molar-refractivity contribution in [3.8, 4) is 0 Å². The number of carbonyl (C=O) groups excluding carboxylic acids is 1. The van der Waals surface area contributed by atoms with E-state index >= 15 is 0 Å². The lowest BCUT2D eigenvalue weighted by atomic mass is 9.84. The van der Waals surface area contributed by atoms with Gasteiger partial charge in [-0.2, -0.15) is 0 Å². The summed E-state index contributed by atoms with van der Waals surface area (Å²) in [4.78, 5) is 27.6. The number of fused-ring (bicyclic) bond motifs is 1. The van der Waals surface area contributed by atoms with E-state index in [4.69, 9.17) is 0 Å². The average Bonchev–Trinajstić information content (AvgIpc) is 2.93. The molecule has 1 saturated carbocycles. The number of aliphatic carboxylic acids is 1. The van der Waals surface area contributed by atoms with Gasteiger partial charge < -0.3 is 10.0 Å². The summed E-state index contributed by atoms with van der Waals surface area (Å²) in [6.07, 6.45) is 5.39. The fourth-order valence-corrected chi connectivity index (χ4v) is 4.29. The molecule has 1 amide bonds. The van der Waals surface area contributed by atoms with Crippen LogP contribution in [-0.2, 0) is 11.3 Å². The number of carboxylic acid groups (broad SMARTS) is 1. The Bertz CT molecular complexity index is 629. The second-order valence-electron chi connectivity index (χ2n) is 7.27. The highest BCUT2D eigenvalue weighted by molar-refractivity contribution is 5.94. The van der Waals surface area contributed by atoms with Crippen LogP contribution in [0.4, 0.5) is 0 Å². The zero-order chi connectivity index (χ0) is 17.3. The topological polar surface area (TPSA) is 60.9 Å². The third-order valence-corrected chi connectivity index (χ3v) is 5.45. The predicted molar refractivity (Wildman–Crippen MR) is 91.8 cm³/mol. The fourth-order valence-electron chi connectivity index (χ4n) is 4.29. The Labute approximate surface area is 143 Å². The van der Waals surface area contributed by atoms with Crippen molar-refractivity contribution >= 4 is 11.9 Å². The SMILES string of the molecule is CN(C)C(=O)c1cccc(CN2[C@H](C(=O)O)C[C@@H]3CCCC[C@@H]32)c1. The molecule has 1 aromatic rings. The molecule has 3 rings (SSSR count). The van der Waals surface area contributed by atoms with E-state index in [1.54, 1.807) is 19.0 Å². The van der Waals surface area contributed by atoms with Crippen LogP contribution >= 0.6 is 0 Å². The van der Waals surface area contributed by atoms with Crippen LogP contribution in [0.25, 0.3) is 0 Å². The average molecular weight is 330 g/mol. The van der Waals surface area contributed by atoms with Gasteiger partial charge in [-0.05, 0) is 42.9 Å². The van der Waals surface area contributed by atoms with Gasteiger partial charge in [0.05, 0.1) is 0 Å². The molecule has 130 valence electrons. The van der Waals surface area contributed by atoms with E-state index in [0.29, 0.717) is 24.1 Å². The van der Waals surface area contributed by atoms with Crippen LogP contribution in [-0.4, -0.2) is 53.0 Å². The number of carboxylic acids is 1. The maximum atomic E-state index is 12.2. The van der Waals surface area contributed by atoms with Gasteiger partial charge in [-0.15, -0.1) is 0 Å². The first-order chi connectivity index (χ1) is 11.5. The van der Waals surface area contributed by atoms with Crippen molar-refractivity contribution in [3.05, 3.63) is 35.4 Å². The highest BCUT2D eigenvalue weighted by Gasteiger charge is 2.44. The van der Waals surface area contributed by atoms with E-state index in [-0.39, 0.29) is 5.91 Å². The largest absolute Gasteiger partial charge is 0.480 e. The Kier molecular flexibility index (Phi) is 4.90. The Morgan fingerprint density at radius 2 is 2.00 bits per heavy atom. The second-order valence-corrected chi connectivity index (χ2v) is 7.27. The number of carbonyl (C=O) groups is 2. The van der Waals surface area contributed by atoms with Crippen LogP contribution < -0.4 is 0 Å². The molecule has 1 saturated heterocycles. The summed E-state index contributed by atoms with van der Waals surface area (Å²) >= 11 is 0. The van der Waals surface area contributed by atoms with Crippen LogP contribution in [0.2, 0.25) is 0 Å². The molecule has 0 aromatic heterocycles. The van der Waals surface area contributed by atoms with E-state index in [0.717, 1.165) is 24.8 Å². The summed E-state index contributed by atoms with van der Waals surface area (Å²) in [6, 6.07) is 7.56. The Morgan fingerprint density at radius 1 is 1.25 bits per heavy atom. The Morgan fingerprint density at radius 3 is 2.71 bits per heavy atom. The normalized spacial score (nSPS) is 26.8. The van der Waals surface area contributed by atoms with E-state index in [2.05, 4.69) is 4.90 Å². The van der Waals surface area contributed by atoms with Gasteiger partial charge in [0.25, 0.3) is 5.91 Å². The van der Waals surface area contributed by atoms with Gasteiger partial charge in [0, 0.05) is 32.2 Å². The predicted octanol–water partition coefficient (Wildman–Crippen LogP) is 2.61. The maximum absolute atomic E-state index is 12.2. The first kappa shape index (κ1) is 17.0. The number of benzene rings is 1. The lowest BCUT2D eigenvalue weighted by Crippen LogP contribution is -2.41. The van der Waals surface area contributed by atoms with E-state index < -0.39 is 12.0 Å². The number of hydrogen-bond donors (Lipinski definition) is 1. The van der Waals surface area contributed by atoms with Crippen LogP contribution in [0.3, 0.4) is 0 Å². The summed E-state index contributed by atoms with van der Waals surface area (Å²) in [5.41, 5.74) is 1.67. The van der Waals surface area contributed by atoms with E-state index in [1.807, 2.05) is 24.3 Å². The molecule has 1 N–H and O–H groups in total. The van der Waals surface area contributed by atoms with Crippen molar-refractivity contribution < 1.29 is 14.7 Å². The number of hydrogen-bond acceptors (Lipinski definition) is 3. The molecular weight excluding hydrogens is 304 g/mol. The molecule has 1 aliphatic heterocycles. The van der Waals surface area contributed by atoms with Gasteiger partial charge in [-0.1, -0.05) is 25.0 Å². The second kappa shape index (κ2) is 6.93. The minimum Gasteiger partial charge on any atom is -0.480 e. The van der Waals surface area contributed by atoms with Crippen LogP contribution in [0, 0.1) is 5.92 Å². The van der Waals surface area contributed by atoms with Gasteiger partial charge in [0.2, 0.25) is 0 Å². The van der Waals surface area contributed by atoms with Gasteiger partial charge in [0.15, 0.2) is 0 Å². The van der Waals surface area contributed by atoms with Crippen molar-refractivity contribution in [2.45, 2.75) is 50.7 Å². The summed E-state index contributed by atoms with van der Waals surface area (Å²) in [7, 11) is 3.48. The molecule has 0 bridgehead atoms. The fraction of sp³-hybridized carbons (Fsp3) is 0.579. The lowest BCUT2D eigenvalue weighted by molar-refractivity contribution is -0.142. The summed E-state index contributed by atoms with van der Waals surface area (Å²) < 4.78 is 0. The number of likely N-dealkylation sites (tertiary alicyclic amines) is 1. The molecule has 0 spiro atoms. The minimum absolute atomic E-state index is 0.0244. The first-order valence-corrected chi connectivity index (χ1v) is 8.76. The molecule has 1 heterocycles. The molecule has 5 heteroatoms. The van der Waals surface area contributed by atoms with Gasteiger partial charge in [-0.3, -0.25) is 14.5 Å². The monoisotopic (exact) mass is 330 g/mol. The van der Waals surface area contributed by atoms with Crippen LogP contribution in [0.15, 0.2) is 24.3 Å². The number of amides is 1. The molecule has 1 aliphatic carbocycles. The highest BCUT2D eigenvalue weighted by atomic mass is 16.4. The molecule has 0 unspecified atom stereocenters. The number of rotatable bonds is 4. The first-order valence-electron chi connectivity index (χ1n) is 8.76.